The second-order valence-electron chi connectivity index (χ2n) is 6.89. The molecule has 0 amide bonds. The van der Waals surface area contributed by atoms with Crippen LogP contribution >= 0.6 is 0 Å². The average Bonchev–Trinajstić information content (AvgIpc) is 3.21. The van der Waals surface area contributed by atoms with E-state index in [-0.39, 0.29) is 23.0 Å². The van der Waals surface area contributed by atoms with E-state index < -0.39 is 10.8 Å². The first kappa shape index (κ1) is 20.7. The Labute approximate surface area is 183 Å². The van der Waals surface area contributed by atoms with Crippen molar-refractivity contribution < 1.29 is 19.1 Å². The Kier molecular flexibility index (Phi) is 5.39. The second kappa shape index (κ2) is 8.31. The number of nitro groups is 1. The maximum absolute atomic E-state index is 11.0. The predicted molar refractivity (Wildman–Crippen MR) is 114 cm³/mol. The molecule has 32 heavy (non-hydrogen) atoms. The molecule has 0 aliphatic carbocycles. The minimum absolute atomic E-state index is 0.0340. The SMILES string of the molecule is CCOc1cc([C@H]2C(C#N)=C(N)Oc3n[nH]c(-c4ccc([N+](=O)[O-])cc4)c32)ccc1OC. The maximum atomic E-state index is 11.0. The summed E-state index contributed by atoms with van der Waals surface area (Å²) in [4.78, 5) is 10.5. The van der Waals surface area contributed by atoms with E-state index in [0.717, 1.165) is 5.56 Å². The fourth-order valence-corrected chi connectivity index (χ4v) is 3.69. The van der Waals surface area contributed by atoms with Gasteiger partial charge in [0.05, 0.1) is 35.8 Å². The second-order valence-corrected chi connectivity index (χ2v) is 6.89. The number of aromatic nitrogens is 2. The number of aromatic amines is 1. The Morgan fingerprint density at radius 3 is 2.66 bits per heavy atom. The molecule has 4 rings (SSSR count). The number of allylic oxidation sites excluding steroid dienone is 1. The molecule has 0 radical (unpaired) electrons. The lowest BCUT2D eigenvalue weighted by atomic mass is 9.83. The summed E-state index contributed by atoms with van der Waals surface area (Å²) >= 11 is 0. The number of methoxy groups -OCH3 is 1. The van der Waals surface area contributed by atoms with Crippen LogP contribution in [-0.4, -0.2) is 28.8 Å². The first-order valence-electron chi connectivity index (χ1n) is 9.69. The maximum Gasteiger partial charge on any atom is 0.269 e. The smallest absolute Gasteiger partial charge is 0.269 e. The molecule has 0 saturated heterocycles. The van der Waals surface area contributed by atoms with E-state index in [1.54, 1.807) is 31.4 Å². The number of fused-ring (bicyclic) bond motifs is 1. The van der Waals surface area contributed by atoms with Crippen molar-refractivity contribution in [1.82, 2.24) is 10.2 Å². The molecule has 1 aliphatic heterocycles. The van der Waals surface area contributed by atoms with E-state index in [1.165, 1.54) is 12.1 Å². The van der Waals surface area contributed by atoms with Crippen molar-refractivity contribution in [3.63, 3.8) is 0 Å². The van der Waals surface area contributed by atoms with Crippen molar-refractivity contribution in [2.75, 3.05) is 13.7 Å². The first-order valence-corrected chi connectivity index (χ1v) is 9.69. The Morgan fingerprint density at radius 1 is 1.28 bits per heavy atom. The van der Waals surface area contributed by atoms with Gasteiger partial charge in [-0.2, -0.15) is 5.26 Å². The molecule has 0 bridgehead atoms. The Balaban J connectivity index is 1.89. The van der Waals surface area contributed by atoms with Crippen molar-refractivity contribution in [3.8, 4) is 34.7 Å². The van der Waals surface area contributed by atoms with Crippen LogP contribution in [0.25, 0.3) is 11.3 Å². The van der Waals surface area contributed by atoms with Crippen LogP contribution in [0.3, 0.4) is 0 Å². The van der Waals surface area contributed by atoms with Crippen LogP contribution in [0, 0.1) is 21.4 Å². The number of ether oxygens (including phenoxy) is 3. The van der Waals surface area contributed by atoms with Gasteiger partial charge in [0.15, 0.2) is 11.5 Å². The summed E-state index contributed by atoms with van der Waals surface area (Å²) in [6.45, 7) is 2.29. The van der Waals surface area contributed by atoms with Gasteiger partial charge in [0, 0.05) is 17.7 Å². The van der Waals surface area contributed by atoms with Gasteiger partial charge in [-0.3, -0.25) is 15.2 Å². The number of nitro benzene ring substituents is 1. The van der Waals surface area contributed by atoms with Crippen LogP contribution in [0.4, 0.5) is 5.69 Å². The molecule has 1 aromatic heterocycles. The van der Waals surface area contributed by atoms with Crippen LogP contribution in [0.15, 0.2) is 53.9 Å². The minimum atomic E-state index is -0.599. The van der Waals surface area contributed by atoms with E-state index >= 15 is 0 Å². The lowest BCUT2D eigenvalue weighted by Gasteiger charge is -2.24. The third-order valence-corrected chi connectivity index (χ3v) is 5.13. The lowest BCUT2D eigenvalue weighted by molar-refractivity contribution is -0.384. The number of benzene rings is 2. The number of rotatable bonds is 6. The highest BCUT2D eigenvalue weighted by atomic mass is 16.6. The zero-order chi connectivity index (χ0) is 22.8. The van der Waals surface area contributed by atoms with Gasteiger partial charge in [0.25, 0.3) is 5.69 Å². The summed E-state index contributed by atoms with van der Waals surface area (Å²) in [5, 5.41) is 28.0. The van der Waals surface area contributed by atoms with Gasteiger partial charge >= 0.3 is 0 Å². The van der Waals surface area contributed by atoms with Crippen molar-refractivity contribution >= 4 is 5.69 Å². The van der Waals surface area contributed by atoms with E-state index in [2.05, 4.69) is 16.3 Å². The molecular weight excluding hydrogens is 414 g/mol. The molecular formula is C22H19N5O5. The van der Waals surface area contributed by atoms with Gasteiger partial charge in [-0.1, -0.05) is 6.07 Å². The molecule has 10 heteroatoms. The quantitative estimate of drug-likeness (QED) is 0.442. The number of nitriles is 1. The fraction of sp³-hybridized carbons (Fsp3) is 0.182. The van der Waals surface area contributed by atoms with E-state index in [9.17, 15) is 15.4 Å². The molecule has 2 aromatic carbocycles. The summed E-state index contributed by atoms with van der Waals surface area (Å²) in [5.74, 6) is 0.671. The van der Waals surface area contributed by atoms with Gasteiger partial charge in [0.2, 0.25) is 11.8 Å². The molecule has 1 atom stereocenters. The van der Waals surface area contributed by atoms with E-state index in [0.29, 0.717) is 34.9 Å². The number of non-ortho nitro benzene ring substituents is 1. The number of nitrogens with one attached hydrogen (secondary N) is 1. The van der Waals surface area contributed by atoms with Crippen LogP contribution in [0.1, 0.15) is 24.0 Å². The summed E-state index contributed by atoms with van der Waals surface area (Å²) in [6, 6.07) is 13.5. The van der Waals surface area contributed by atoms with Crippen molar-refractivity contribution in [2.24, 2.45) is 5.73 Å². The van der Waals surface area contributed by atoms with Gasteiger partial charge in [-0.15, -0.1) is 5.10 Å². The molecule has 0 unspecified atom stereocenters. The predicted octanol–water partition coefficient (Wildman–Crippen LogP) is 3.61. The van der Waals surface area contributed by atoms with Gasteiger partial charge < -0.3 is 19.9 Å². The van der Waals surface area contributed by atoms with Crippen LogP contribution in [-0.2, 0) is 0 Å². The van der Waals surface area contributed by atoms with Crippen LogP contribution in [0.2, 0.25) is 0 Å². The number of hydrogen-bond acceptors (Lipinski definition) is 8. The van der Waals surface area contributed by atoms with Crippen LogP contribution < -0.4 is 19.9 Å². The highest BCUT2D eigenvalue weighted by Crippen LogP contribution is 2.47. The average molecular weight is 433 g/mol. The Bertz CT molecular complexity index is 1260. The molecule has 2 heterocycles. The summed E-state index contributed by atoms with van der Waals surface area (Å²) < 4.78 is 16.7. The van der Waals surface area contributed by atoms with E-state index in [4.69, 9.17) is 19.9 Å². The third-order valence-electron chi connectivity index (χ3n) is 5.13. The topological polar surface area (TPSA) is 149 Å². The normalized spacial score (nSPS) is 14.8. The molecule has 3 N–H and O–H groups in total. The van der Waals surface area contributed by atoms with Crippen LogP contribution in [0.5, 0.6) is 17.4 Å². The number of H-pyrrole nitrogens is 1. The van der Waals surface area contributed by atoms with Gasteiger partial charge in [-0.25, -0.2) is 0 Å². The lowest BCUT2D eigenvalue weighted by Crippen LogP contribution is -2.21. The fourth-order valence-electron chi connectivity index (χ4n) is 3.69. The van der Waals surface area contributed by atoms with Crippen molar-refractivity contribution in [2.45, 2.75) is 12.8 Å². The highest BCUT2D eigenvalue weighted by Gasteiger charge is 2.36. The van der Waals surface area contributed by atoms with Crippen molar-refractivity contribution in [3.05, 3.63) is 75.2 Å². The summed E-state index contributed by atoms with van der Waals surface area (Å²) in [5.41, 5.74) is 8.75. The summed E-state index contributed by atoms with van der Waals surface area (Å²) in [7, 11) is 1.55. The standard InChI is InChI=1S/C22H19N5O5/c1-3-31-17-10-13(6-9-16(17)30-2)18-15(11-23)21(24)32-22-19(18)20(25-26-22)12-4-7-14(8-5-12)27(28)29/h4-10,18H,3,24H2,1-2H3,(H,25,26)/t18-/m0/s1. The molecule has 1 aliphatic rings. The minimum Gasteiger partial charge on any atom is -0.493 e. The molecule has 3 aromatic rings. The zero-order valence-electron chi connectivity index (χ0n) is 17.3. The number of hydrogen-bond donors (Lipinski definition) is 2. The highest BCUT2D eigenvalue weighted by molar-refractivity contribution is 5.71. The third kappa shape index (κ3) is 3.45. The first-order chi connectivity index (χ1) is 15.5. The molecule has 10 nitrogen and oxygen atoms in total. The Hall–Kier alpha value is -4.52. The molecule has 162 valence electrons. The van der Waals surface area contributed by atoms with Crippen molar-refractivity contribution in [1.29, 1.82) is 5.26 Å². The van der Waals surface area contributed by atoms with Gasteiger partial charge in [-0.05, 0) is 36.8 Å². The van der Waals surface area contributed by atoms with E-state index in [1.807, 2.05) is 13.0 Å². The van der Waals surface area contributed by atoms with Gasteiger partial charge in [0.1, 0.15) is 11.6 Å². The molecule has 0 spiro atoms. The monoisotopic (exact) mass is 433 g/mol. The summed E-state index contributed by atoms with van der Waals surface area (Å²) in [6.07, 6.45) is 0. The molecule has 0 fully saturated rings. The molecule has 0 saturated carbocycles. The zero-order valence-corrected chi connectivity index (χ0v) is 17.3. The Morgan fingerprint density at radius 2 is 2.03 bits per heavy atom. The number of nitrogens with two attached hydrogens (primary N) is 1. The largest absolute Gasteiger partial charge is 0.493 e. The number of nitrogens with zero attached hydrogens (tertiary/aromatic N) is 3.